The van der Waals surface area contributed by atoms with Crippen molar-refractivity contribution >= 4 is 35.6 Å². The number of ether oxygens (including phenoxy) is 1. The largest absolute Gasteiger partial charge is 0.496 e. The van der Waals surface area contributed by atoms with Crippen LogP contribution in [-0.4, -0.2) is 29.3 Å². The van der Waals surface area contributed by atoms with Crippen molar-refractivity contribution in [1.82, 2.24) is 15.1 Å². The maximum absolute atomic E-state index is 12.7. The number of aryl methyl sites for hydroxylation is 1. The summed E-state index contributed by atoms with van der Waals surface area (Å²) in [5, 5.41) is 11.4. The number of halogens is 2. The van der Waals surface area contributed by atoms with Gasteiger partial charge in [0, 0.05) is 28.5 Å². The number of carbonyl (C=O) groups is 1. The smallest absolute Gasteiger partial charge is 0.276 e. The minimum atomic E-state index is -0.223. The third-order valence-corrected chi connectivity index (χ3v) is 5.36. The van der Waals surface area contributed by atoms with Crippen LogP contribution in [0.5, 0.6) is 5.75 Å². The highest BCUT2D eigenvalue weighted by Crippen LogP contribution is 2.24. The van der Waals surface area contributed by atoms with Crippen LogP contribution in [-0.2, 0) is 19.5 Å². The van der Waals surface area contributed by atoms with E-state index in [4.69, 9.17) is 16.3 Å². The second-order valence-electron chi connectivity index (χ2n) is 7.15. The Morgan fingerprint density at radius 2 is 2.07 bits per heavy atom. The Morgan fingerprint density at radius 3 is 2.87 bits per heavy atom. The number of benzene rings is 2. The van der Waals surface area contributed by atoms with Crippen molar-refractivity contribution in [2.45, 2.75) is 26.4 Å². The maximum atomic E-state index is 12.7. The molecule has 8 heteroatoms. The van der Waals surface area contributed by atoms with Crippen LogP contribution in [0.4, 0.5) is 5.69 Å². The number of hydrogen-bond acceptors (Lipinski definition) is 4. The summed E-state index contributed by atoms with van der Waals surface area (Å²) in [6, 6.07) is 13.3. The molecule has 3 aromatic rings. The highest BCUT2D eigenvalue weighted by molar-refractivity contribution is 6.30. The van der Waals surface area contributed by atoms with Gasteiger partial charge in [0.1, 0.15) is 5.75 Å². The van der Waals surface area contributed by atoms with Crippen LogP contribution in [0.25, 0.3) is 0 Å². The first kappa shape index (κ1) is 22.2. The lowest BCUT2D eigenvalue weighted by molar-refractivity contribution is 0.102. The van der Waals surface area contributed by atoms with E-state index < -0.39 is 0 Å². The zero-order valence-corrected chi connectivity index (χ0v) is 18.4. The fourth-order valence-electron chi connectivity index (χ4n) is 3.56. The fraction of sp³-hybridized carbons (Fsp3) is 0.273. The summed E-state index contributed by atoms with van der Waals surface area (Å²) in [5.74, 6) is 0.512. The second-order valence-corrected chi connectivity index (χ2v) is 7.59. The molecule has 6 nitrogen and oxygen atoms in total. The zero-order valence-electron chi connectivity index (χ0n) is 16.9. The van der Waals surface area contributed by atoms with Gasteiger partial charge >= 0.3 is 0 Å². The number of anilines is 1. The molecule has 1 aliphatic rings. The van der Waals surface area contributed by atoms with Crippen molar-refractivity contribution in [3.05, 3.63) is 75.6 Å². The van der Waals surface area contributed by atoms with Crippen LogP contribution < -0.4 is 15.4 Å². The van der Waals surface area contributed by atoms with Gasteiger partial charge in [-0.05, 0) is 67.4 Å². The molecule has 1 aromatic heterocycles. The monoisotopic (exact) mass is 446 g/mol. The number of aromatic nitrogens is 2. The second kappa shape index (κ2) is 9.51. The normalized spacial score (nSPS) is 12.6. The average Bonchev–Trinajstić information content (AvgIpc) is 3.09. The minimum Gasteiger partial charge on any atom is -0.496 e. The number of fused-ring (bicyclic) bond motifs is 1. The average molecular weight is 447 g/mol. The number of rotatable bonds is 5. The molecule has 0 spiro atoms. The number of methoxy groups -OCH3 is 1. The minimum absolute atomic E-state index is 0. The van der Waals surface area contributed by atoms with Gasteiger partial charge < -0.3 is 15.4 Å². The summed E-state index contributed by atoms with van der Waals surface area (Å²) in [6.07, 6.45) is 0.967. The lowest BCUT2D eigenvalue weighted by Gasteiger charge is -2.17. The highest BCUT2D eigenvalue weighted by Gasteiger charge is 2.16. The number of nitrogens with one attached hydrogen (secondary N) is 2. The van der Waals surface area contributed by atoms with Gasteiger partial charge in [-0.1, -0.05) is 17.7 Å². The van der Waals surface area contributed by atoms with Gasteiger partial charge in [-0.25, -0.2) is 0 Å². The maximum Gasteiger partial charge on any atom is 0.276 e. The van der Waals surface area contributed by atoms with Gasteiger partial charge in [-0.3, -0.25) is 9.48 Å². The van der Waals surface area contributed by atoms with Gasteiger partial charge in [-0.2, -0.15) is 5.10 Å². The summed E-state index contributed by atoms with van der Waals surface area (Å²) >= 11 is 6.12. The van der Waals surface area contributed by atoms with Crippen LogP contribution in [0.1, 0.15) is 32.9 Å². The molecule has 2 heterocycles. The van der Waals surface area contributed by atoms with Crippen LogP contribution in [0.15, 0.2) is 42.5 Å². The number of carbonyl (C=O) groups excluding carboxylic acids is 1. The van der Waals surface area contributed by atoms with Gasteiger partial charge in [-0.15, -0.1) is 12.4 Å². The first-order valence-corrected chi connectivity index (χ1v) is 9.92. The summed E-state index contributed by atoms with van der Waals surface area (Å²) in [6.45, 7) is 4.22. The number of amides is 1. The molecule has 2 aromatic carbocycles. The zero-order chi connectivity index (χ0) is 20.4. The molecule has 1 amide bonds. The molecule has 0 aliphatic carbocycles. The van der Waals surface area contributed by atoms with E-state index in [0.29, 0.717) is 17.3 Å². The molecule has 0 unspecified atom stereocenters. The predicted molar refractivity (Wildman–Crippen MR) is 121 cm³/mol. The van der Waals surface area contributed by atoms with Crippen molar-refractivity contribution in [2.24, 2.45) is 0 Å². The van der Waals surface area contributed by atoms with Crippen molar-refractivity contribution in [3.63, 3.8) is 0 Å². The lowest BCUT2D eigenvalue weighted by atomic mass is 10.0. The SMILES string of the molecule is COc1ccc(Cl)cc1Cn1nc(C(=O)Nc2ccc3c(c2)CCNC3)cc1C.Cl. The third-order valence-electron chi connectivity index (χ3n) is 5.13. The summed E-state index contributed by atoms with van der Waals surface area (Å²) in [7, 11) is 1.62. The Bertz CT molecular complexity index is 1070. The first-order chi connectivity index (χ1) is 14.0. The molecule has 30 heavy (non-hydrogen) atoms. The molecule has 4 rings (SSSR count). The Kier molecular flexibility index (Phi) is 7.02. The van der Waals surface area contributed by atoms with E-state index in [1.165, 1.54) is 11.1 Å². The fourth-order valence-corrected chi connectivity index (χ4v) is 3.76. The van der Waals surface area contributed by atoms with Crippen molar-refractivity contribution in [2.75, 3.05) is 19.0 Å². The van der Waals surface area contributed by atoms with Crippen molar-refractivity contribution < 1.29 is 9.53 Å². The standard InChI is InChI=1S/C22H23ClN4O2.ClH/c1-14-9-20(26-27(14)13-17-10-18(23)4-6-21(17)29-2)22(28)25-19-5-3-16-12-24-8-7-15(16)11-19;/h3-6,9-11,24H,7-8,12-13H2,1-2H3,(H,25,28);1H. The van der Waals surface area contributed by atoms with Crippen LogP contribution in [0.2, 0.25) is 5.02 Å². The van der Waals surface area contributed by atoms with E-state index in [0.717, 1.165) is 42.2 Å². The van der Waals surface area contributed by atoms with Gasteiger partial charge in [0.2, 0.25) is 0 Å². The molecular weight excluding hydrogens is 423 g/mol. The van der Waals surface area contributed by atoms with Crippen molar-refractivity contribution in [1.29, 1.82) is 0 Å². The number of hydrogen-bond donors (Lipinski definition) is 2. The molecule has 0 saturated carbocycles. The topological polar surface area (TPSA) is 68.2 Å². The Morgan fingerprint density at radius 1 is 1.23 bits per heavy atom. The quantitative estimate of drug-likeness (QED) is 0.615. The van der Waals surface area contributed by atoms with Crippen molar-refractivity contribution in [3.8, 4) is 5.75 Å². The van der Waals surface area contributed by atoms with Gasteiger partial charge in [0.05, 0.1) is 13.7 Å². The Balaban J connectivity index is 0.00000256. The molecule has 0 atom stereocenters. The summed E-state index contributed by atoms with van der Waals surface area (Å²) in [4.78, 5) is 12.7. The van der Waals surface area contributed by atoms with E-state index in [-0.39, 0.29) is 18.3 Å². The molecule has 0 radical (unpaired) electrons. The van der Waals surface area contributed by atoms with Crippen LogP contribution in [0.3, 0.4) is 0 Å². The van der Waals surface area contributed by atoms with Gasteiger partial charge in [0.25, 0.3) is 5.91 Å². The van der Waals surface area contributed by atoms with E-state index in [2.05, 4.69) is 27.9 Å². The Hall–Kier alpha value is -2.54. The van der Waals surface area contributed by atoms with E-state index in [9.17, 15) is 4.79 Å². The van der Waals surface area contributed by atoms with E-state index >= 15 is 0 Å². The van der Waals surface area contributed by atoms with Crippen LogP contribution >= 0.6 is 24.0 Å². The van der Waals surface area contributed by atoms with Crippen LogP contribution in [0, 0.1) is 6.92 Å². The molecule has 158 valence electrons. The molecule has 2 N–H and O–H groups in total. The van der Waals surface area contributed by atoms with E-state index in [1.54, 1.807) is 23.9 Å². The molecule has 0 fully saturated rings. The lowest BCUT2D eigenvalue weighted by Crippen LogP contribution is -2.23. The summed E-state index contributed by atoms with van der Waals surface area (Å²) in [5.41, 5.74) is 5.51. The highest BCUT2D eigenvalue weighted by atomic mass is 35.5. The third kappa shape index (κ3) is 4.78. The number of nitrogens with zero attached hydrogens (tertiary/aromatic N) is 2. The predicted octanol–water partition coefficient (Wildman–Crippen LogP) is 4.22. The molecular formula is C22H24Cl2N4O2. The molecule has 0 saturated heterocycles. The van der Waals surface area contributed by atoms with Gasteiger partial charge in [0.15, 0.2) is 5.69 Å². The molecule has 0 bridgehead atoms. The molecule has 1 aliphatic heterocycles. The Labute approximate surface area is 187 Å². The first-order valence-electron chi connectivity index (χ1n) is 9.54. The summed E-state index contributed by atoms with van der Waals surface area (Å²) < 4.78 is 7.19. The van der Waals surface area contributed by atoms with E-state index in [1.807, 2.05) is 25.1 Å².